The highest BCUT2D eigenvalue weighted by Gasteiger charge is 2.16. The molecule has 2 aromatic heterocycles. The molecular formula is C16H17N5OS. The van der Waals surface area contributed by atoms with Gasteiger partial charge in [0.25, 0.3) is 5.56 Å². The van der Waals surface area contributed by atoms with E-state index in [1.54, 1.807) is 10.9 Å². The average molecular weight is 327 g/mol. The van der Waals surface area contributed by atoms with Crippen LogP contribution < -0.4 is 10.5 Å². The maximum atomic E-state index is 12.4. The van der Waals surface area contributed by atoms with Gasteiger partial charge < -0.3 is 4.90 Å². The highest BCUT2D eigenvalue weighted by atomic mass is 32.2. The van der Waals surface area contributed by atoms with E-state index in [0.717, 1.165) is 36.7 Å². The number of anilines is 1. The number of hydrogen-bond acceptors (Lipinski definition) is 5. The molecule has 23 heavy (non-hydrogen) atoms. The molecule has 0 amide bonds. The topological polar surface area (TPSA) is 66.8 Å². The van der Waals surface area contributed by atoms with Crippen molar-refractivity contribution in [1.29, 1.82) is 0 Å². The summed E-state index contributed by atoms with van der Waals surface area (Å²) >= 11 is 1.94. The maximum Gasteiger partial charge on any atom is 0.263 e. The number of nitrogens with zero attached hydrogens (tertiary/aromatic N) is 4. The molecule has 0 spiro atoms. The molecule has 118 valence electrons. The summed E-state index contributed by atoms with van der Waals surface area (Å²) in [5.74, 6) is 2.85. The highest BCUT2D eigenvalue weighted by molar-refractivity contribution is 7.99. The summed E-state index contributed by atoms with van der Waals surface area (Å²) in [5.41, 5.74) is 1.37. The lowest BCUT2D eigenvalue weighted by molar-refractivity contribution is 0.780. The summed E-state index contributed by atoms with van der Waals surface area (Å²) in [5, 5.41) is 4.86. The average Bonchev–Trinajstić information content (AvgIpc) is 2.83. The summed E-state index contributed by atoms with van der Waals surface area (Å²) in [7, 11) is 0. The number of para-hydroxylation sites is 1. The largest absolute Gasteiger partial charge is 0.341 e. The zero-order chi connectivity index (χ0) is 15.6. The predicted octanol–water partition coefficient (Wildman–Crippen LogP) is 2.05. The molecular weight excluding hydrogens is 310 g/mol. The summed E-state index contributed by atoms with van der Waals surface area (Å²) < 4.78 is 1.72. The number of aromatic amines is 1. The quantitative estimate of drug-likeness (QED) is 0.780. The van der Waals surface area contributed by atoms with Gasteiger partial charge >= 0.3 is 0 Å². The molecule has 4 rings (SSSR count). The number of H-pyrrole nitrogens is 1. The standard InChI is InChI=1S/C16H17N5OS/c22-15-13-11-17-21(12-5-2-1-3-6-12)14(13)18-16(19-15)20-7-4-9-23-10-8-20/h1-3,5-6,11H,4,7-10H2,(H,18,19,22). The van der Waals surface area contributed by atoms with Gasteiger partial charge in [0.05, 0.1) is 11.9 Å². The number of rotatable bonds is 2. The van der Waals surface area contributed by atoms with Gasteiger partial charge in [-0.05, 0) is 24.3 Å². The van der Waals surface area contributed by atoms with Crippen LogP contribution in [0.15, 0.2) is 41.3 Å². The molecule has 1 N–H and O–H groups in total. The Hall–Kier alpha value is -2.28. The minimum Gasteiger partial charge on any atom is -0.341 e. The SMILES string of the molecule is O=c1[nH]c(N2CCCSCC2)nc2c1cnn2-c1ccccc1. The van der Waals surface area contributed by atoms with E-state index in [0.29, 0.717) is 17.0 Å². The van der Waals surface area contributed by atoms with Crippen molar-refractivity contribution in [1.82, 2.24) is 19.7 Å². The van der Waals surface area contributed by atoms with Gasteiger partial charge in [0.1, 0.15) is 5.39 Å². The van der Waals surface area contributed by atoms with E-state index in [2.05, 4.69) is 15.0 Å². The number of hydrogen-bond donors (Lipinski definition) is 1. The molecule has 0 bridgehead atoms. The van der Waals surface area contributed by atoms with E-state index in [1.807, 2.05) is 42.1 Å². The third kappa shape index (κ3) is 2.72. The van der Waals surface area contributed by atoms with Crippen molar-refractivity contribution < 1.29 is 0 Å². The van der Waals surface area contributed by atoms with Gasteiger partial charge in [0.15, 0.2) is 5.65 Å². The lowest BCUT2D eigenvalue weighted by atomic mass is 10.3. The third-order valence-corrected chi connectivity index (χ3v) is 5.00. The molecule has 1 aliphatic rings. The van der Waals surface area contributed by atoms with E-state index in [-0.39, 0.29) is 5.56 Å². The van der Waals surface area contributed by atoms with Gasteiger partial charge in [-0.25, -0.2) is 4.68 Å². The zero-order valence-corrected chi connectivity index (χ0v) is 13.4. The van der Waals surface area contributed by atoms with Crippen LogP contribution >= 0.6 is 11.8 Å². The van der Waals surface area contributed by atoms with Crippen molar-refractivity contribution in [3.8, 4) is 5.69 Å². The van der Waals surface area contributed by atoms with E-state index in [4.69, 9.17) is 4.98 Å². The minimum atomic E-state index is -0.135. The number of benzene rings is 1. The Balaban J connectivity index is 1.83. The van der Waals surface area contributed by atoms with Crippen molar-refractivity contribution in [2.45, 2.75) is 6.42 Å². The molecule has 6 nitrogen and oxygen atoms in total. The van der Waals surface area contributed by atoms with Crippen LogP contribution in [0.1, 0.15) is 6.42 Å². The second kappa shape index (κ2) is 6.08. The first-order valence-electron chi connectivity index (χ1n) is 7.69. The van der Waals surface area contributed by atoms with E-state index in [1.165, 1.54) is 0 Å². The van der Waals surface area contributed by atoms with Crippen molar-refractivity contribution in [3.63, 3.8) is 0 Å². The van der Waals surface area contributed by atoms with Crippen LogP contribution in [0.25, 0.3) is 16.7 Å². The molecule has 7 heteroatoms. The highest BCUT2D eigenvalue weighted by Crippen LogP contribution is 2.18. The summed E-state index contributed by atoms with van der Waals surface area (Å²) in [4.78, 5) is 22.2. The summed E-state index contributed by atoms with van der Waals surface area (Å²) in [6.45, 7) is 1.82. The molecule has 1 saturated heterocycles. The van der Waals surface area contributed by atoms with Crippen LogP contribution in [-0.4, -0.2) is 44.3 Å². The number of nitrogens with one attached hydrogen (secondary N) is 1. The maximum absolute atomic E-state index is 12.4. The molecule has 1 aliphatic heterocycles. The van der Waals surface area contributed by atoms with Gasteiger partial charge in [-0.2, -0.15) is 21.8 Å². The molecule has 1 aromatic carbocycles. The number of aromatic nitrogens is 4. The fraction of sp³-hybridized carbons (Fsp3) is 0.312. The predicted molar refractivity (Wildman–Crippen MR) is 93.6 cm³/mol. The van der Waals surface area contributed by atoms with E-state index in [9.17, 15) is 4.79 Å². The van der Waals surface area contributed by atoms with Crippen LogP contribution in [0.2, 0.25) is 0 Å². The molecule has 3 heterocycles. The zero-order valence-electron chi connectivity index (χ0n) is 12.6. The Bertz CT molecular complexity index is 865. The van der Waals surface area contributed by atoms with E-state index < -0.39 is 0 Å². The Labute approximate surface area is 137 Å². The van der Waals surface area contributed by atoms with Gasteiger partial charge in [-0.1, -0.05) is 18.2 Å². The smallest absolute Gasteiger partial charge is 0.263 e. The minimum absolute atomic E-state index is 0.135. The lowest BCUT2D eigenvalue weighted by Crippen LogP contribution is -2.29. The van der Waals surface area contributed by atoms with Gasteiger partial charge in [0.2, 0.25) is 5.95 Å². The Kier molecular flexibility index (Phi) is 3.78. The molecule has 0 aliphatic carbocycles. The van der Waals surface area contributed by atoms with Crippen molar-refractivity contribution in [2.75, 3.05) is 29.5 Å². The molecule has 0 unspecified atom stereocenters. The fourth-order valence-electron chi connectivity index (χ4n) is 2.77. The number of fused-ring (bicyclic) bond motifs is 1. The van der Waals surface area contributed by atoms with Gasteiger partial charge in [-0.15, -0.1) is 0 Å². The summed E-state index contributed by atoms with van der Waals surface area (Å²) in [6, 6.07) is 9.76. The monoisotopic (exact) mass is 327 g/mol. The lowest BCUT2D eigenvalue weighted by Gasteiger charge is -2.20. The molecule has 1 fully saturated rings. The fourth-order valence-corrected chi connectivity index (χ4v) is 3.66. The Morgan fingerprint density at radius 2 is 2.00 bits per heavy atom. The summed E-state index contributed by atoms with van der Waals surface area (Å²) in [6.07, 6.45) is 2.68. The van der Waals surface area contributed by atoms with Crippen molar-refractivity contribution in [3.05, 3.63) is 46.9 Å². The van der Waals surface area contributed by atoms with Crippen LogP contribution in [0.3, 0.4) is 0 Å². The first-order valence-corrected chi connectivity index (χ1v) is 8.84. The van der Waals surface area contributed by atoms with Crippen LogP contribution in [0, 0.1) is 0 Å². The Morgan fingerprint density at radius 3 is 2.87 bits per heavy atom. The second-order valence-corrected chi connectivity index (χ2v) is 6.70. The second-order valence-electron chi connectivity index (χ2n) is 5.47. The van der Waals surface area contributed by atoms with Gasteiger partial charge in [-0.3, -0.25) is 9.78 Å². The van der Waals surface area contributed by atoms with Gasteiger partial charge in [0, 0.05) is 18.8 Å². The first-order chi connectivity index (χ1) is 11.3. The Morgan fingerprint density at radius 1 is 1.13 bits per heavy atom. The number of thioether (sulfide) groups is 1. The van der Waals surface area contributed by atoms with Crippen LogP contribution in [0.5, 0.6) is 0 Å². The molecule has 0 atom stereocenters. The molecule has 0 saturated carbocycles. The molecule has 3 aromatic rings. The van der Waals surface area contributed by atoms with Crippen molar-refractivity contribution in [2.24, 2.45) is 0 Å². The third-order valence-electron chi connectivity index (χ3n) is 3.95. The first kappa shape index (κ1) is 14.3. The van der Waals surface area contributed by atoms with Crippen molar-refractivity contribution >= 4 is 28.7 Å². The molecule has 0 radical (unpaired) electrons. The van der Waals surface area contributed by atoms with Crippen LogP contribution in [0.4, 0.5) is 5.95 Å². The van der Waals surface area contributed by atoms with Crippen LogP contribution in [-0.2, 0) is 0 Å². The van der Waals surface area contributed by atoms with E-state index >= 15 is 0 Å². The normalized spacial score (nSPS) is 15.7.